The molecule has 3 atom stereocenters. The van der Waals surface area contributed by atoms with Crippen LogP contribution in [0.3, 0.4) is 0 Å². The summed E-state index contributed by atoms with van der Waals surface area (Å²) in [7, 11) is 0. The summed E-state index contributed by atoms with van der Waals surface area (Å²) in [6.45, 7) is 0. The van der Waals surface area contributed by atoms with E-state index in [1.54, 1.807) is 0 Å². The summed E-state index contributed by atoms with van der Waals surface area (Å²) in [4.78, 5) is 0. The third-order valence-electron chi connectivity index (χ3n) is 4.86. The molecule has 0 bridgehead atoms. The Kier molecular flexibility index (Phi) is 3.22. The average molecular weight is 315 g/mol. The van der Waals surface area contributed by atoms with Crippen LogP contribution >= 0.6 is 0 Å². The number of nitrogens with one attached hydrogen (secondary N) is 1. The molecule has 0 radical (unpaired) electrons. The fraction of sp³-hybridized carbons (Fsp3) is 0.263. The molecule has 1 N–H and O–H groups in total. The lowest BCUT2D eigenvalue weighted by Crippen LogP contribution is -2.30. The van der Waals surface area contributed by atoms with E-state index in [1.807, 2.05) is 36.4 Å². The molecule has 0 aromatic heterocycles. The Morgan fingerprint density at radius 2 is 1.74 bits per heavy atom. The van der Waals surface area contributed by atoms with Gasteiger partial charge in [-0.2, -0.15) is 13.2 Å². The monoisotopic (exact) mass is 315 g/mol. The van der Waals surface area contributed by atoms with E-state index < -0.39 is 11.7 Å². The molecule has 4 heteroatoms. The first-order valence-electron chi connectivity index (χ1n) is 7.74. The smallest absolute Gasteiger partial charge is 0.377 e. The highest BCUT2D eigenvalue weighted by Gasteiger charge is 2.42. The Morgan fingerprint density at radius 3 is 2.48 bits per heavy atom. The highest BCUT2D eigenvalue weighted by Crippen LogP contribution is 2.52. The van der Waals surface area contributed by atoms with E-state index in [9.17, 15) is 13.2 Å². The highest BCUT2D eigenvalue weighted by molar-refractivity contribution is 5.65. The van der Waals surface area contributed by atoms with Crippen LogP contribution in [0.1, 0.15) is 35.1 Å². The molecule has 118 valence electrons. The number of halogens is 3. The maximum Gasteiger partial charge on any atom is 0.418 e. The molecule has 0 spiro atoms. The summed E-state index contributed by atoms with van der Waals surface area (Å²) in [6, 6.07) is 14.1. The van der Waals surface area contributed by atoms with Crippen LogP contribution in [0.15, 0.2) is 60.7 Å². The van der Waals surface area contributed by atoms with Crippen LogP contribution in [0, 0.1) is 5.92 Å². The molecule has 1 nitrogen and oxygen atoms in total. The number of allylic oxidation sites excluding steroid dienone is 2. The number of para-hydroxylation sites is 1. The number of hydrogen-bond donors (Lipinski definition) is 1. The van der Waals surface area contributed by atoms with Crippen molar-refractivity contribution in [3.63, 3.8) is 0 Å². The maximum atomic E-state index is 13.4. The largest absolute Gasteiger partial charge is 0.418 e. The molecule has 0 saturated carbocycles. The Hall–Kier alpha value is -2.23. The quantitative estimate of drug-likeness (QED) is 0.682. The molecule has 1 aliphatic heterocycles. The van der Waals surface area contributed by atoms with Crippen molar-refractivity contribution in [1.82, 2.24) is 0 Å². The molecular weight excluding hydrogens is 299 g/mol. The van der Waals surface area contributed by atoms with Crippen molar-refractivity contribution in [3.05, 3.63) is 77.4 Å². The summed E-state index contributed by atoms with van der Waals surface area (Å²) in [6.07, 6.45) is 0.671. The summed E-state index contributed by atoms with van der Waals surface area (Å²) in [5.74, 6) is 0.298. The van der Waals surface area contributed by atoms with Crippen molar-refractivity contribution in [1.29, 1.82) is 0 Å². The first kappa shape index (κ1) is 14.4. The molecule has 1 aliphatic carbocycles. The summed E-state index contributed by atoms with van der Waals surface area (Å²) < 4.78 is 40.2. The van der Waals surface area contributed by atoms with Crippen LogP contribution in [0.5, 0.6) is 0 Å². The van der Waals surface area contributed by atoms with Crippen molar-refractivity contribution in [2.45, 2.75) is 24.6 Å². The molecule has 0 unspecified atom stereocenters. The standard InChI is InChI=1S/C19H16F3N/c20-19(21,22)16-11-5-10-15-13-8-4-9-14(13)17(23-18(15)16)12-6-2-1-3-7-12/h1-8,10-11,13-14,17,23H,9H2/t13-,14+,17+/m0/s1. The number of alkyl halides is 3. The topological polar surface area (TPSA) is 12.0 Å². The molecule has 0 saturated heterocycles. The zero-order valence-electron chi connectivity index (χ0n) is 12.3. The van der Waals surface area contributed by atoms with Gasteiger partial charge in [-0.05, 0) is 29.5 Å². The maximum absolute atomic E-state index is 13.4. The minimum absolute atomic E-state index is 0.0405. The van der Waals surface area contributed by atoms with Gasteiger partial charge < -0.3 is 5.32 Å². The number of hydrogen-bond acceptors (Lipinski definition) is 1. The van der Waals surface area contributed by atoms with Crippen LogP contribution in [-0.4, -0.2) is 0 Å². The molecule has 0 amide bonds. The lowest BCUT2D eigenvalue weighted by Gasteiger charge is -2.38. The van der Waals surface area contributed by atoms with Gasteiger partial charge in [-0.1, -0.05) is 54.6 Å². The minimum atomic E-state index is -4.35. The van der Waals surface area contributed by atoms with E-state index in [-0.39, 0.29) is 23.6 Å². The van der Waals surface area contributed by atoms with E-state index in [0.29, 0.717) is 0 Å². The first-order chi connectivity index (χ1) is 11.1. The van der Waals surface area contributed by atoms with Gasteiger partial charge in [0.15, 0.2) is 0 Å². The zero-order chi connectivity index (χ0) is 16.0. The van der Waals surface area contributed by atoms with Crippen molar-refractivity contribution >= 4 is 5.69 Å². The minimum Gasteiger partial charge on any atom is -0.377 e. The second-order valence-electron chi connectivity index (χ2n) is 6.15. The fourth-order valence-electron chi connectivity index (χ4n) is 3.85. The SMILES string of the molecule is FC(F)(F)c1cccc2c1N[C@H](c1ccccc1)[C@@H]1CC=C[C@H]21. The van der Waals surface area contributed by atoms with Crippen LogP contribution in [-0.2, 0) is 6.18 Å². The number of anilines is 1. The van der Waals surface area contributed by atoms with Crippen molar-refractivity contribution < 1.29 is 13.2 Å². The van der Waals surface area contributed by atoms with Gasteiger partial charge >= 0.3 is 6.18 Å². The molecule has 2 aliphatic rings. The third-order valence-corrected chi connectivity index (χ3v) is 4.86. The Labute approximate surface area is 132 Å². The van der Waals surface area contributed by atoms with Gasteiger partial charge in [-0.15, -0.1) is 0 Å². The predicted molar refractivity (Wildman–Crippen MR) is 84.2 cm³/mol. The lowest BCUT2D eigenvalue weighted by atomic mass is 9.76. The van der Waals surface area contributed by atoms with Gasteiger partial charge in [0.1, 0.15) is 0 Å². The fourth-order valence-corrected chi connectivity index (χ4v) is 3.85. The van der Waals surface area contributed by atoms with E-state index in [0.717, 1.165) is 23.6 Å². The van der Waals surface area contributed by atoms with Gasteiger partial charge in [0.25, 0.3) is 0 Å². The molecule has 2 aromatic carbocycles. The van der Waals surface area contributed by atoms with Crippen LogP contribution in [0.2, 0.25) is 0 Å². The van der Waals surface area contributed by atoms with E-state index in [4.69, 9.17) is 0 Å². The molecule has 1 heterocycles. The molecule has 0 fully saturated rings. The highest BCUT2D eigenvalue weighted by atomic mass is 19.4. The third kappa shape index (κ3) is 2.33. The average Bonchev–Trinajstić information content (AvgIpc) is 3.03. The second kappa shape index (κ2) is 5.15. The first-order valence-corrected chi connectivity index (χ1v) is 7.74. The number of benzene rings is 2. The summed E-state index contributed by atoms with van der Waals surface area (Å²) >= 11 is 0. The zero-order valence-corrected chi connectivity index (χ0v) is 12.3. The van der Waals surface area contributed by atoms with Gasteiger partial charge in [-0.25, -0.2) is 0 Å². The van der Waals surface area contributed by atoms with Crippen molar-refractivity contribution in [2.75, 3.05) is 5.32 Å². The van der Waals surface area contributed by atoms with E-state index >= 15 is 0 Å². The van der Waals surface area contributed by atoms with Crippen molar-refractivity contribution in [2.24, 2.45) is 5.92 Å². The van der Waals surface area contributed by atoms with Gasteiger partial charge in [0.2, 0.25) is 0 Å². The number of fused-ring (bicyclic) bond motifs is 3. The van der Waals surface area contributed by atoms with Gasteiger partial charge in [0.05, 0.1) is 17.3 Å². The molecule has 4 rings (SSSR count). The van der Waals surface area contributed by atoms with Crippen LogP contribution in [0.4, 0.5) is 18.9 Å². The predicted octanol–water partition coefficient (Wildman–Crippen LogP) is 5.53. The molecule has 23 heavy (non-hydrogen) atoms. The summed E-state index contributed by atoms with van der Waals surface area (Å²) in [5.41, 5.74) is 1.45. The van der Waals surface area contributed by atoms with Gasteiger partial charge in [0, 0.05) is 5.92 Å². The van der Waals surface area contributed by atoms with Gasteiger partial charge in [-0.3, -0.25) is 0 Å². The Bertz CT molecular complexity index is 749. The Balaban J connectivity index is 1.86. The number of rotatable bonds is 1. The molecule has 2 aromatic rings. The normalized spacial score (nSPS) is 25.6. The van der Waals surface area contributed by atoms with Crippen molar-refractivity contribution in [3.8, 4) is 0 Å². The second-order valence-corrected chi connectivity index (χ2v) is 6.15. The van der Waals surface area contributed by atoms with Crippen LogP contribution in [0.25, 0.3) is 0 Å². The van der Waals surface area contributed by atoms with E-state index in [1.165, 1.54) is 6.07 Å². The van der Waals surface area contributed by atoms with Crippen LogP contribution < -0.4 is 5.32 Å². The Morgan fingerprint density at radius 1 is 0.957 bits per heavy atom. The van der Waals surface area contributed by atoms with E-state index in [2.05, 4.69) is 17.5 Å². The molecular formula is C19H16F3N. The summed E-state index contributed by atoms with van der Waals surface area (Å²) in [5, 5.41) is 3.20. The lowest BCUT2D eigenvalue weighted by molar-refractivity contribution is -0.137.